The van der Waals surface area contributed by atoms with Crippen LogP contribution >= 0.6 is 0 Å². The average molecular weight is 349 g/mol. The summed E-state index contributed by atoms with van der Waals surface area (Å²) in [6.07, 6.45) is 1.88. The SMILES string of the molecule is O=C(O)c1ccc(O[C@@H]2COCC[C@H]2NC(=O)C2CCOCC2)cc1. The fraction of sp³-hybridized carbons (Fsp3) is 0.556. The van der Waals surface area contributed by atoms with Crippen molar-refractivity contribution in [2.45, 2.75) is 31.4 Å². The first-order valence-corrected chi connectivity index (χ1v) is 8.59. The quantitative estimate of drug-likeness (QED) is 0.836. The van der Waals surface area contributed by atoms with Gasteiger partial charge in [0, 0.05) is 25.7 Å². The minimum absolute atomic E-state index is 0.00732. The van der Waals surface area contributed by atoms with E-state index in [0.29, 0.717) is 38.6 Å². The number of nitrogens with one attached hydrogen (secondary N) is 1. The Labute approximate surface area is 146 Å². The molecule has 25 heavy (non-hydrogen) atoms. The molecule has 1 aromatic carbocycles. The van der Waals surface area contributed by atoms with Gasteiger partial charge in [-0.05, 0) is 43.5 Å². The maximum Gasteiger partial charge on any atom is 0.335 e. The van der Waals surface area contributed by atoms with Crippen molar-refractivity contribution in [2.24, 2.45) is 5.92 Å². The predicted octanol–water partition coefficient (Wildman–Crippen LogP) is 1.46. The van der Waals surface area contributed by atoms with Crippen molar-refractivity contribution in [3.63, 3.8) is 0 Å². The van der Waals surface area contributed by atoms with E-state index in [1.165, 1.54) is 12.1 Å². The molecule has 2 aliphatic rings. The maximum atomic E-state index is 12.5. The molecular weight excluding hydrogens is 326 g/mol. The van der Waals surface area contributed by atoms with E-state index in [1.807, 2.05) is 0 Å². The monoisotopic (exact) mass is 349 g/mol. The molecule has 0 aromatic heterocycles. The van der Waals surface area contributed by atoms with Gasteiger partial charge in [-0.1, -0.05) is 0 Å². The van der Waals surface area contributed by atoms with E-state index in [0.717, 1.165) is 12.8 Å². The lowest BCUT2D eigenvalue weighted by Crippen LogP contribution is -2.53. The molecule has 7 heteroatoms. The lowest BCUT2D eigenvalue weighted by molar-refractivity contribution is -0.130. The van der Waals surface area contributed by atoms with E-state index >= 15 is 0 Å². The van der Waals surface area contributed by atoms with E-state index < -0.39 is 5.97 Å². The first-order chi connectivity index (χ1) is 12.1. The summed E-state index contributed by atoms with van der Waals surface area (Å²) in [5.74, 6) is -0.378. The summed E-state index contributed by atoms with van der Waals surface area (Å²) in [4.78, 5) is 23.4. The second-order valence-electron chi connectivity index (χ2n) is 6.35. The van der Waals surface area contributed by atoms with Gasteiger partial charge in [0.1, 0.15) is 11.9 Å². The molecule has 2 saturated heterocycles. The number of aromatic carboxylic acids is 1. The van der Waals surface area contributed by atoms with Crippen LogP contribution in [0.4, 0.5) is 0 Å². The van der Waals surface area contributed by atoms with Crippen molar-refractivity contribution in [3.8, 4) is 5.75 Å². The van der Waals surface area contributed by atoms with Crippen molar-refractivity contribution in [3.05, 3.63) is 29.8 Å². The predicted molar refractivity (Wildman–Crippen MR) is 88.7 cm³/mol. The third-order valence-electron chi connectivity index (χ3n) is 4.61. The summed E-state index contributed by atoms with van der Waals surface area (Å²) in [6.45, 7) is 2.22. The number of carboxylic acids is 1. The lowest BCUT2D eigenvalue weighted by atomic mass is 9.97. The number of rotatable bonds is 5. The van der Waals surface area contributed by atoms with Crippen molar-refractivity contribution in [1.82, 2.24) is 5.32 Å². The smallest absolute Gasteiger partial charge is 0.335 e. The summed E-state index contributed by atoms with van der Waals surface area (Å²) < 4.78 is 16.7. The molecule has 0 saturated carbocycles. The van der Waals surface area contributed by atoms with Gasteiger partial charge in [-0.3, -0.25) is 4.79 Å². The van der Waals surface area contributed by atoms with E-state index in [4.69, 9.17) is 19.3 Å². The summed E-state index contributed by atoms with van der Waals surface area (Å²) in [5, 5.41) is 12.0. The van der Waals surface area contributed by atoms with Gasteiger partial charge in [0.2, 0.25) is 5.91 Å². The third kappa shape index (κ3) is 4.70. The van der Waals surface area contributed by atoms with Crippen molar-refractivity contribution in [2.75, 3.05) is 26.4 Å². The molecule has 2 aliphatic heterocycles. The molecule has 2 fully saturated rings. The topological polar surface area (TPSA) is 94.1 Å². The van der Waals surface area contributed by atoms with Crippen LogP contribution in [0.5, 0.6) is 5.75 Å². The van der Waals surface area contributed by atoms with Crippen LogP contribution in [0.1, 0.15) is 29.6 Å². The molecule has 136 valence electrons. The summed E-state index contributed by atoms with van der Waals surface area (Å²) in [5.41, 5.74) is 0.205. The molecule has 3 rings (SSSR count). The lowest BCUT2D eigenvalue weighted by Gasteiger charge is -2.33. The zero-order chi connectivity index (χ0) is 17.6. The normalized spacial score (nSPS) is 24.5. The molecule has 0 radical (unpaired) electrons. The second-order valence-corrected chi connectivity index (χ2v) is 6.35. The first-order valence-electron chi connectivity index (χ1n) is 8.59. The average Bonchev–Trinajstić information content (AvgIpc) is 2.64. The molecular formula is C18H23NO6. The van der Waals surface area contributed by atoms with Gasteiger partial charge in [0.25, 0.3) is 0 Å². The molecule has 2 heterocycles. The molecule has 0 aliphatic carbocycles. The molecule has 0 unspecified atom stereocenters. The molecule has 1 aromatic rings. The number of benzene rings is 1. The molecule has 1 amide bonds. The number of hydrogen-bond donors (Lipinski definition) is 2. The summed E-state index contributed by atoms with van der Waals surface area (Å²) in [6, 6.07) is 6.11. The minimum Gasteiger partial charge on any atom is -0.486 e. The number of carboxylic acid groups (broad SMARTS) is 1. The fourth-order valence-corrected chi connectivity index (χ4v) is 3.10. The second kappa shape index (κ2) is 8.31. The van der Waals surface area contributed by atoms with Gasteiger partial charge in [0.15, 0.2) is 0 Å². The van der Waals surface area contributed by atoms with Crippen molar-refractivity contribution < 1.29 is 28.9 Å². The highest BCUT2D eigenvalue weighted by molar-refractivity contribution is 5.87. The summed E-state index contributed by atoms with van der Waals surface area (Å²) >= 11 is 0. The van der Waals surface area contributed by atoms with Gasteiger partial charge in [-0.15, -0.1) is 0 Å². The number of ether oxygens (including phenoxy) is 3. The molecule has 0 spiro atoms. The Hall–Kier alpha value is -2.12. The largest absolute Gasteiger partial charge is 0.486 e. The van der Waals surface area contributed by atoms with Crippen LogP contribution in [0, 0.1) is 5.92 Å². The Kier molecular flexibility index (Phi) is 5.88. The zero-order valence-corrected chi connectivity index (χ0v) is 14.0. The van der Waals surface area contributed by atoms with Crippen LogP contribution in [0.25, 0.3) is 0 Å². The van der Waals surface area contributed by atoms with Crippen LogP contribution in [-0.2, 0) is 14.3 Å². The van der Waals surface area contributed by atoms with Crippen LogP contribution in [0.2, 0.25) is 0 Å². The van der Waals surface area contributed by atoms with Crippen LogP contribution < -0.4 is 10.1 Å². The number of amides is 1. The number of carbonyl (C=O) groups excluding carboxylic acids is 1. The Morgan fingerprint density at radius 3 is 2.40 bits per heavy atom. The number of hydrogen-bond acceptors (Lipinski definition) is 5. The Balaban J connectivity index is 1.60. The highest BCUT2D eigenvalue weighted by Crippen LogP contribution is 2.20. The fourth-order valence-electron chi connectivity index (χ4n) is 3.10. The van der Waals surface area contributed by atoms with Crippen molar-refractivity contribution >= 4 is 11.9 Å². The Morgan fingerprint density at radius 2 is 1.72 bits per heavy atom. The van der Waals surface area contributed by atoms with E-state index in [-0.39, 0.29) is 29.5 Å². The van der Waals surface area contributed by atoms with Gasteiger partial charge in [0.05, 0.1) is 18.2 Å². The Morgan fingerprint density at radius 1 is 1.04 bits per heavy atom. The van der Waals surface area contributed by atoms with E-state index in [2.05, 4.69) is 5.32 Å². The van der Waals surface area contributed by atoms with E-state index in [1.54, 1.807) is 12.1 Å². The highest BCUT2D eigenvalue weighted by atomic mass is 16.5. The zero-order valence-electron chi connectivity index (χ0n) is 14.0. The third-order valence-corrected chi connectivity index (χ3v) is 4.61. The van der Waals surface area contributed by atoms with Crippen LogP contribution in [-0.4, -0.2) is 55.6 Å². The number of carbonyl (C=O) groups is 2. The van der Waals surface area contributed by atoms with Gasteiger partial charge < -0.3 is 24.6 Å². The van der Waals surface area contributed by atoms with Gasteiger partial charge in [-0.25, -0.2) is 4.79 Å². The van der Waals surface area contributed by atoms with E-state index in [9.17, 15) is 9.59 Å². The summed E-state index contributed by atoms with van der Waals surface area (Å²) in [7, 11) is 0. The minimum atomic E-state index is -0.978. The standard InChI is InChI=1S/C18H23NO6/c20-17(12-5-8-23-9-6-12)19-15-7-10-24-11-16(15)25-14-3-1-13(2-4-14)18(21)22/h1-4,12,15-16H,5-11H2,(H,19,20)(H,21,22)/t15-,16-/m1/s1. The van der Waals surface area contributed by atoms with Gasteiger partial charge in [-0.2, -0.15) is 0 Å². The van der Waals surface area contributed by atoms with Crippen LogP contribution in [0.3, 0.4) is 0 Å². The first kappa shape index (κ1) is 17.7. The highest BCUT2D eigenvalue weighted by Gasteiger charge is 2.31. The molecule has 2 atom stereocenters. The van der Waals surface area contributed by atoms with Gasteiger partial charge >= 0.3 is 5.97 Å². The molecule has 0 bridgehead atoms. The maximum absolute atomic E-state index is 12.5. The molecule has 2 N–H and O–H groups in total. The Bertz CT molecular complexity index is 596. The van der Waals surface area contributed by atoms with Crippen molar-refractivity contribution in [1.29, 1.82) is 0 Å². The van der Waals surface area contributed by atoms with Crippen LogP contribution in [0.15, 0.2) is 24.3 Å². The molecule has 7 nitrogen and oxygen atoms in total.